The maximum absolute atomic E-state index is 12.4. The lowest BCUT2D eigenvalue weighted by atomic mass is 10.1. The van der Waals surface area contributed by atoms with Crippen molar-refractivity contribution in [2.24, 2.45) is 0 Å². The zero-order valence-electron chi connectivity index (χ0n) is 13.9. The number of esters is 1. The fourth-order valence-electron chi connectivity index (χ4n) is 3.30. The van der Waals surface area contributed by atoms with Gasteiger partial charge in [0.1, 0.15) is 6.10 Å². The van der Waals surface area contributed by atoms with Crippen LogP contribution in [0.2, 0.25) is 0 Å². The molecule has 3 rings (SSSR count). The van der Waals surface area contributed by atoms with Gasteiger partial charge in [-0.3, -0.25) is 4.90 Å². The van der Waals surface area contributed by atoms with Crippen LogP contribution in [0.25, 0.3) is 0 Å². The van der Waals surface area contributed by atoms with E-state index in [1.165, 1.54) is 0 Å². The average Bonchev–Trinajstić information content (AvgIpc) is 3.01. The van der Waals surface area contributed by atoms with Crippen LogP contribution in [0.5, 0.6) is 0 Å². The molecule has 0 saturated heterocycles. The van der Waals surface area contributed by atoms with Crippen LogP contribution in [0.3, 0.4) is 0 Å². The topological polar surface area (TPSA) is 29.5 Å². The van der Waals surface area contributed by atoms with Crippen molar-refractivity contribution in [3.05, 3.63) is 71.3 Å². The van der Waals surface area contributed by atoms with Gasteiger partial charge in [-0.25, -0.2) is 4.79 Å². The van der Waals surface area contributed by atoms with Gasteiger partial charge in [-0.05, 0) is 23.3 Å². The summed E-state index contributed by atoms with van der Waals surface area (Å²) in [7, 11) is 0. The van der Waals surface area contributed by atoms with Crippen molar-refractivity contribution in [3.8, 4) is 24.7 Å². The van der Waals surface area contributed by atoms with Gasteiger partial charge in [-0.2, -0.15) is 0 Å². The molecule has 2 atom stereocenters. The number of rotatable bonds is 5. The highest BCUT2D eigenvalue weighted by atomic mass is 16.5. The molecular formula is C22H19NO2. The molecule has 0 aromatic heterocycles. The van der Waals surface area contributed by atoms with Gasteiger partial charge < -0.3 is 4.74 Å². The minimum atomic E-state index is -0.318. The molecule has 0 aliphatic heterocycles. The minimum absolute atomic E-state index is 0.0527. The van der Waals surface area contributed by atoms with Gasteiger partial charge in [-0.15, -0.1) is 12.8 Å². The molecule has 124 valence electrons. The van der Waals surface area contributed by atoms with Gasteiger partial charge in [0.2, 0.25) is 0 Å². The number of benzene rings is 2. The molecule has 1 aliphatic carbocycles. The summed E-state index contributed by atoms with van der Waals surface area (Å²) in [4.78, 5) is 14.5. The molecule has 1 aliphatic rings. The number of ether oxygens (including phenoxy) is 1. The summed E-state index contributed by atoms with van der Waals surface area (Å²) < 4.78 is 5.79. The smallest absolute Gasteiger partial charge is 0.338 e. The summed E-state index contributed by atoms with van der Waals surface area (Å²) in [5.74, 6) is 5.01. The third-order valence-corrected chi connectivity index (χ3v) is 4.43. The Morgan fingerprint density at radius 2 is 1.60 bits per heavy atom. The molecule has 0 saturated carbocycles. The second-order valence-electron chi connectivity index (χ2n) is 5.95. The number of nitrogens with zero attached hydrogens (tertiary/aromatic N) is 1. The van der Waals surface area contributed by atoms with E-state index in [0.717, 1.165) is 11.1 Å². The number of carbonyl (C=O) groups is 1. The summed E-state index contributed by atoms with van der Waals surface area (Å²) in [6.07, 6.45) is 11.3. The van der Waals surface area contributed by atoms with Crippen LogP contribution in [-0.4, -0.2) is 24.0 Å². The van der Waals surface area contributed by atoms with E-state index in [1.807, 2.05) is 36.4 Å². The Hall–Kier alpha value is -3.01. The zero-order valence-corrected chi connectivity index (χ0v) is 13.9. The zero-order chi connectivity index (χ0) is 17.6. The average molecular weight is 329 g/mol. The molecule has 0 radical (unpaired) electrons. The highest BCUT2D eigenvalue weighted by molar-refractivity contribution is 5.89. The van der Waals surface area contributed by atoms with Crippen molar-refractivity contribution in [2.75, 3.05) is 13.1 Å². The molecule has 25 heavy (non-hydrogen) atoms. The highest BCUT2D eigenvalue weighted by Gasteiger charge is 2.36. The van der Waals surface area contributed by atoms with Crippen LogP contribution in [0.4, 0.5) is 0 Å². The second kappa shape index (κ2) is 7.71. The third-order valence-electron chi connectivity index (χ3n) is 4.43. The summed E-state index contributed by atoms with van der Waals surface area (Å²) in [6.45, 7) is 0.922. The molecule has 3 heteroatoms. The maximum atomic E-state index is 12.4. The van der Waals surface area contributed by atoms with Crippen molar-refractivity contribution in [2.45, 2.75) is 18.6 Å². The molecule has 0 fully saturated rings. The quantitative estimate of drug-likeness (QED) is 0.620. The Balaban J connectivity index is 1.84. The van der Waals surface area contributed by atoms with Gasteiger partial charge in [0.15, 0.2) is 0 Å². The van der Waals surface area contributed by atoms with Crippen molar-refractivity contribution in [1.29, 1.82) is 0 Å². The van der Waals surface area contributed by atoms with E-state index >= 15 is 0 Å². The van der Waals surface area contributed by atoms with E-state index in [9.17, 15) is 4.79 Å². The van der Waals surface area contributed by atoms with Crippen LogP contribution in [0.1, 0.15) is 40.1 Å². The molecule has 2 aromatic rings. The Morgan fingerprint density at radius 1 is 1.00 bits per heavy atom. The monoisotopic (exact) mass is 329 g/mol. The summed E-state index contributed by atoms with van der Waals surface area (Å²) in [6, 6.07) is 17.1. The molecule has 0 amide bonds. The van der Waals surface area contributed by atoms with E-state index in [1.54, 1.807) is 12.1 Å². The second-order valence-corrected chi connectivity index (χ2v) is 5.95. The first-order valence-corrected chi connectivity index (χ1v) is 8.20. The van der Waals surface area contributed by atoms with Crippen LogP contribution < -0.4 is 0 Å². The fourth-order valence-corrected chi connectivity index (χ4v) is 3.30. The fraction of sp³-hybridized carbons (Fsp3) is 0.227. The van der Waals surface area contributed by atoms with Gasteiger partial charge >= 0.3 is 5.97 Å². The molecule has 0 bridgehead atoms. The van der Waals surface area contributed by atoms with Crippen LogP contribution in [0, 0.1) is 24.7 Å². The number of fused-ring (bicyclic) bond motifs is 1. The first-order chi connectivity index (χ1) is 12.2. The summed E-state index contributed by atoms with van der Waals surface area (Å²) in [5.41, 5.74) is 2.70. The SMILES string of the molecule is C#CCN(CC#C)[C@@H]1C[C@@H](OC(=O)c2ccccc2)c2ccccc21. The largest absolute Gasteiger partial charge is 0.454 e. The lowest BCUT2D eigenvalue weighted by Gasteiger charge is -2.25. The van der Waals surface area contributed by atoms with E-state index in [-0.39, 0.29) is 18.1 Å². The predicted molar refractivity (Wildman–Crippen MR) is 97.6 cm³/mol. The standard InChI is InChI=1S/C22H19NO2/c1-3-14-23(15-4-2)20-16-21(19-13-9-8-12-18(19)20)25-22(24)17-10-6-5-7-11-17/h1-2,5-13,20-21H,14-16H2/t20-,21-/m1/s1. The van der Waals surface area contributed by atoms with Gasteiger partial charge in [0.25, 0.3) is 0 Å². The predicted octanol–water partition coefficient (Wildman–Crippen LogP) is 3.60. The normalized spacial score (nSPS) is 18.2. The maximum Gasteiger partial charge on any atom is 0.338 e. The third kappa shape index (κ3) is 3.58. The van der Waals surface area contributed by atoms with E-state index < -0.39 is 0 Å². The summed E-state index contributed by atoms with van der Waals surface area (Å²) >= 11 is 0. The lowest BCUT2D eigenvalue weighted by Crippen LogP contribution is -2.28. The first kappa shape index (κ1) is 16.8. The van der Waals surface area contributed by atoms with Gasteiger partial charge in [0.05, 0.1) is 18.7 Å². The van der Waals surface area contributed by atoms with Gasteiger partial charge in [0, 0.05) is 12.5 Å². The van der Waals surface area contributed by atoms with E-state index in [0.29, 0.717) is 25.1 Å². The number of hydrogen-bond donors (Lipinski definition) is 0. The van der Waals surface area contributed by atoms with Crippen molar-refractivity contribution < 1.29 is 9.53 Å². The molecule has 0 heterocycles. The Bertz CT molecular complexity index is 813. The Morgan fingerprint density at radius 3 is 2.24 bits per heavy atom. The van der Waals surface area contributed by atoms with Crippen LogP contribution >= 0.6 is 0 Å². The highest BCUT2D eigenvalue weighted by Crippen LogP contribution is 2.44. The number of carbonyl (C=O) groups excluding carboxylic acids is 1. The van der Waals surface area contributed by atoms with Crippen LogP contribution in [0.15, 0.2) is 54.6 Å². The molecule has 0 N–H and O–H groups in total. The molecular weight excluding hydrogens is 310 g/mol. The van der Waals surface area contributed by atoms with E-state index in [2.05, 4.69) is 22.8 Å². The Labute approximate surface area is 148 Å². The lowest BCUT2D eigenvalue weighted by molar-refractivity contribution is 0.0256. The van der Waals surface area contributed by atoms with Crippen molar-refractivity contribution >= 4 is 5.97 Å². The first-order valence-electron chi connectivity index (χ1n) is 8.20. The summed E-state index contributed by atoms with van der Waals surface area (Å²) in [5, 5.41) is 0. The number of terminal acetylenes is 2. The van der Waals surface area contributed by atoms with E-state index in [4.69, 9.17) is 17.6 Å². The minimum Gasteiger partial charge on any atom is -0.454 e. The van der Waals surface area contributed by atoms with Crippen molar-refractivity contribution in [1.82, 2.24) is 4.90 Å². The molecule has 3 nitrogen and oxygen atoms in total. The van der Waals surface area contributed by atoms with Crippen molar-refractivity contribution in [3.63, 3.8) is 0 Å². The van der Waals surface area contributed by atoms with Crippen LogP contribution in [-0.2, 0) is 4.74 Å². The molecule has 2 aromatic carbocycles. The molecule has 0 unspecified atom stereocenters. The van der Waals surface area contributed by atoms with Gasteiger partial charge in [-0.1, -0.05) is 54.3 Å². The molecule has 0 spiro atoms. The Kier molecular flexibility index (Phi) is 5.19. The number of hydrogen-bond acceptors (Lipinski definition) is 3.